The molecule has 6 nitrogen and oxygen atoms in total. The number of nitrogens with zero attached hydrogens (tertiary/aromatic N) is 3. The second-order valence-corrected chi connectivity index (χ2v) is 5.45. The molecule has 1 amide bonds. The summed E-state index contributed by atoms with van der Waals surface area (Å²) in [7, 11) is 0. The molecule has 1 aromatic heterocycles. The summed E-state index contributed by atoms with van der Waals surface area (Å²) >= 11 is 0. The van der Waals surface area contributed by atoms with E-state index in [4.69, 9.17) is 0 Å². The van der Waals surface area contributed by atoms with Crippen molar-refractivity contribution in [2.24, 2.45) is 0 Å². The first-order valence-electron chi connectivity index (χ1n) is 7.22. The fraction of sp³-hybridized carbons (Fsp3) is 0.312. The van der Waals surface area contributed by atoms with Crippen LogP contribution in [-0.4, -0.2) is 44.3 Å². The molecule has 0 radical (unpaired) electrons. The third-order valence-electron chi connectivity index (χ3n) is 3.99. The van der Waals surface area contributed by atoms with Crippen LogP contribution in [0.3, 0.4) is 0 Å². The smallest absolute Gasteiger partial charge is 0.326 e. The fourth-order valence-corrected chi connectivity index (χ4v) is 2.82. The van der Waals surface area contributed by atoms with Gasteiger partial charge in [0.1, 0.15) is 6.04 Å². The van der Waals surface area contributed by atoms with Crippen LogP contribution in [0.1, 0.15) is 28.8 Å². The molecule has 1 fully saturated rings. The summed E-state index contributed by atoms with van der Waals surface area (Å²) in [6.45, 7) is 2.45. The van der Waals surface area contributed by atoms with Crippen LogP contribution in [0.25, 0.3) is 5.69 Å². The minimum Gasteiger partial charge on any atom is -0.480 e. The van der Waals surface area contributed by atoms with Crippen molar-refractivity contribution in [3.8, 4) is 5.69 Å². The van der Waals surface area contributed by atoms with Crippen molar-refractivity contribution in [1.29, 1.82) is 0 Å². The van der Waals surface area contributed by atoms with E-state index in [0.29, 0.717) is 24.9 Å². The van der Waals surface area contributed by atoms with E-state index in [-0.39, 0.29) is 5.91 Å². The van der Waals surface area contributed by atoms with Crippen LogP contribution in [0, 0.1) is 6.92 Å². The summed E-state index contributed by atoms with van der Waals surface area (Å²) in [6, 6.07) is 7.02. The number of carbonyl (C=O) groups is 2. The molecule has 0 saturated carbocycles. The lowest BCUT2D eigenvalue weighted by Crippen LogP contribution is -2.40. The summed E-state index contributed by atoms with van der Waals surface area (Å²) in [5.41, 5.74) is 2.36. The second-order valence-electron chi connectivity index (χ2n) is 5.45. The SMILES string of the molecule is Cc1ccccc1-n1cc(C(=O)N2CCC[C@H]2C(=O)O)cn1. The zero-order valence-electron chi connectivity index (χ0n) is 12.3. The number of hydrogen-bond acceptors (Lipinski definition) is 3. The minimum absolute atomic E-state index is 0.273. The number of hydrogen-bond donors (Lipinski definition) is 1. The number of carbonyl (C=O) groups excluding carboxylic acids is 1. The van der Waals surface area contributed by atoms with Gasteiger partial charge in [-0.15, -0.1) is 0 Å². The molecule has 1 aliphatic rings. The average Bonchev–Trinajstić information content (AvgIpc) is 3.16. The molecule has 1 aliphatic heterocycles. The van der Waals surface area contributed by atoms with E-state index in [1.54, 1.807) is 10.9 Å². The van der Waals surface area contributed by atoms with Crippen LogP contribution in [0.4, 0.5) is 0 Å². The van der Waals surface area contributed by atoms with E-state index in [1.165, 1.54) is 11.1 Å². The largest absolute Gasteiger partial charge is 0.480 e. The number of carboxylic acids is 1. The number of rotatable bonds is 3. The Kier molecular flexibility index (Phi) is 3.66. The third-order valence-corrected chi connectivity index (χ3v) is 3.99. The lowest BCUT2D eigenvalue weighted by molar-refractivity contribution is -0.141. The highest BCUT2D eigenvalue weighted by Crippen LogP contribution is 2.21. The van der Waals surface area contributed by atoms with Gasteiger partial charge < -0.3 is 10.0 Å². The monoisotopic (exact) mass is 299 g/mol. The van der Waals surface area contributed by atoms with Crippen molar-refractivity contribution >= 4 is 11.9 Å². The number of aliphatic carboxylic acids is 1. The Balaban J connectivity index is 1.86. The summed E-state index contributed by atoms with van der Waals surface area (Å²) in [5, 5.41) is 13.4. The Hall–Kier alpha value is -2.63. The van der Waals surface area contributed by atoms with Gasteiger partial charge in [-0.2, -0.15) is 5.10 Å². The highest BCUT2D eigenvalue weighted by Gasteiger charge is 2.34. The standard InChI is InChI=1S/C16H17N3O3/c1-11-5-2-3-6-13(11)19-10-12(9-17-19)15(20)18-8-4-7-14(18)16(21)22/h2-3,5-6,9-10,14H,4,7-8H2,1H3,(H,21,22)/t14-/m0/s1. The maximum Gasteiger partial charge on any atom is 0.326 e. The molecule has 3 rings (SSSR count). The van der Waals surface area contributed by atoms with E-state index in [0.717, 1.165) is 11.3 Å². The van der Waals surface area contributed by atoms with Crippen LogP contribution < -0.4 is 0 Å². The summed E-state index contributed by atoms with van der Waals surface area (Å²) in [5.74, 6) is -1.22. The molecule has 114 valence electrons. The Labute approximate surface area is 128 Å². The highest BCUT2D eigenvalue weighted by atomic mass is 16.4. The maximum atomic E-state index is 12.5. The lowest BCUT2D eigenvalue weighted by atomic mass is 10.2. The predicted octanol–water partition coefficient (Wildman–Crippen LogP) is 1.87. The number of para-hydroxylation sites is 1. The number of carboxylic acid groups (broad SMARTS) is 1. The van der Waals surface area contributed by atoms with Gasteiger partial charge in [0.15, 0.2) is 0 Å². The molecule has 22 heavy (non-hydrogen) atoms. The van der Waals surface area contributed by atoms with E-state index < -0.39 is 12.0 Å². The Morgan fingerprint density at radius 2 is 2.09 bits per heavy atom. The van der Waals surface area contributed by atoms with Gasteiger partial charge in [-0.25, -0.2) is 9.48 Å². The average molecular weight is 299 g/mol. The highest BCUT2D eigenvalue weighted by molar-refractivity contribution is 5.96. The number of aryl methyl sites for hydroxylation is 1. The van der Waals surface area contributed by atoms with E-state index in [2.05, 4.69) is 5.10 Å². The van der Waals surface area contributed by atoms with Gasteiger partial charge in [-0.3, -0.25) is 4.79 Å². The second kappa shape index (κ2) is 5.63. The van der Waals surface area contributed by atoms with E-state index >= 15 is 0 Å². The van der Waals surface area contributed by atoms with Crippen molar-refractivity contribution in [1.82, 2.24) is 14.7 Å². The van der Waals surface area contributed by atoms with Crippen LogP contribution in [-0.2, 0) is 4.79 Å². The zero-order valence-corrected chi connectivity index (χ0v) is 12.3. The van der Waals surface area contributed by atoms with Crippen LogP contribution >= 0.6 is 0 Å². The Bertz CT molecular complexity index is 723. The third kappa shape index (κ3) is 2.47. The number of aromatic nitrogens is 2. The van der Waals surface area contributed by atoms with Crippen molar-refractivity contribution in [3.05, 3.63) is 47.8 Å². The molecular formula is C16H17N3O3. The molecule has 2 aromatic rings. The van der Waals surface area contributed by atoms with Crippen LogP contribution in [0.2, 0.25) is 0 Å². The predicted molar refractivity (Wildman–Crippen MR) is 80.0 cm³/mol. The van der Waals surface area contributed by atoms with Crippen molar-refractivity contribution in [2.45, 2.75) is 25.8 Å². The molecule has 0 spiro atoms. The van der Waals surface area contributed by atoms with Gasteiger partial charge in [0, 0.05) is 12.7 Å². The molecule has 1 aromatic carbocycles. The normalized spacial score (nSPS) is 17.7. The van der Waals surface area contributed by atoms with Gasteiger partial charge in [-0.05, 0) is 31.4 Å². The van der Waals surface area contributed by atoms with Gasteiger partial charge in [0.2, 0.25) is 0 Å². The quantitative estimate of drug-likeness (QED) is 0.938. The molecular weight excluding hydrogens is 282 g/mol. The topological polar surface area (TPSA) is 75.4 Å². The molecule has 1 atom stereocenters. The van der Waals surface area contributed by atoms with Crippen molar-refractivity contribution in [2.75, 3.05) is 6.54 Å². The zero-order chi connectivity index (χ0) is 15.7. The van der Waals surface area contributed by atoms with Crippen molar-refractivity contribution < 1.29 is 14.7 Å². The molecule has 2 heterocycles. The number of likely N-dealkylation sites (tertiary alicyclic amines) is 1. The number of benzene rings is 1. The number of amides is 1. The summed E-state index contributed by atoms with van der Waals surface area (Å²) in [4.78, 5) is 25.1. The molecule has 1 saturated heterocycles. The molecule has 0 bridgehead atoms. The molecule has 1 N–H and O–H groups in total. The van der Waals surface area contributed by atoms with Crippen molar-refractivity contribution in [3.63, 3.8) is 0 Å². The van der Waals surface area contributed by atoms with Crippen LogP contribution in [0.15, 0.2) is 36.7 Å². The first-order valence-corrected chi connectivity index (χ1v) is 7.22. The first kappa shape index (κ1) is 14.3. The maximum absolute atomic E-state index is 12.5. The minimum atomic E-state index is -0.947. The van der Waals surface area contributed by atoms with Gasteiger partial charge in [0.25, 0.3) is 5.91 Å². The van der Waals surface area contributed by atoms with Gasteiger partial charge >= 0.3 is 5.97 Å². The lowest BCUT2D eigenvalue weighted by Gasteiger charge is -2.20. The molecule has 0 unspecified atom stereocenters. The molecule has 0 aliphatic carbocycles. The van der Waals surface area contributed by atoms with Gasteiger partial charge in [-0.1, -0.05) is 18.2 Å². The molecule has 6 heteroatoms. The Morgan fingerprint density at radius 3 is 2.82 bits per heavy atom. The summed E-state index contributed by atoms with van der Waals surface area (Å²) < 4.78 is 1.65. The van der Waals surface area contributed by atoms with Crippen LogP contribution in [0.5, 0.6) is 0 Å². The van der Waals surface area contributed by atoms with E-state index in [9.17, 15) is 14.7 Å². The van der Waals surface area contributed by atoms with Gasteiger partial charge in [0.05, 0.1) is 17.4 Å². The Morgan fingerprint density at radius 1 is 1.32 bits per heavy atom. The van der Waals surface area contributed by atoms with E-state index in [1.807, 2.05) is 31.2 Å². The summed E-state index contributed by atoms with van der Waals surface area (Å²) in [6.07, 6.45) is 4.37. The first-order chi connectivity index (χ1) is 10.6. The fourth-order valence-electron chi connectivity index (χ4n) is 2.82.